The first kappa shape index (κ1) is 18.2. The van der Waals surface area contributed by atoms with Gasteiger partial charge in [0.25, 0.3) is 5.91 Å². The number of benzene rings is 1. The quantitative estimate of drug-likeness (QED) is 0.825. The highest BCUT2D eigenvalue weighted by molar-refractivity contribution is 7.13. The molecule has 7 heteroatoms. The van der Waals surface area contributed by atoms with Crippen LogP contribution >= 0.6 is 22.9 Å². The highest BCUT2D eigenvalue weighted by Crippen LogP contribution is 2.24. The minimum atomic E-state index is -0.0981. The molecule has 0 unspecified atom stereocenters. The van der Waals surface area contributed by atoms with Crippen molar-refractivity contribution in [1.82, 2.24) is 10.3 Å². The third-order valence-electron chi connectivity index (χ3n) is 4.05. The van der Waals surface area contributed by atoms with E-state index in [0.29, 0.717) is 23.1 Å². The van der Waals surface area contributed by atoms with Crippen molar-refractivity contribution in [3.05, 3.63) is 44.4 Å². The Kier molecular flexibility index (Phi) is 5.93. The first-order valence-corrected chi connectivity index (χ1v) is 9.47. The second-order valence-electron chi connectivity index (χ2n) is 6.07. The normalized spacial score (nSPS) is 16.8. The monoisotopic (exact) mass is 380 g/mol. The number of nitrogens with zero attached hydrogens (tertiary/aromatic N) is 1. The second kappa shape index (κ2) is 8.17. The van der Waals surface area contributed by atoms with Crippen LogP contribution in [0.1, 0.15) is 38.8 Å². The van der Waals surface area contributed by atoms with Gasteiger partial charge in [0.15, 0.2) is 0 Å². The molecule has 0 radical (unpaired) electrons. The van der Waals surface area contributed by atoms with Crippen molar-refractivity contribution in [3.8, 4) is 5.75 Å². The Morgan fingerprint density at radius 1 is 1.48 bits per heavy atom. The van der Waals surface area contributed by atoms with Gasteiger partial charge in [-0.1, -0.05) is 11.6 Å². The van der Waals surface area contributed by atoms with Crippen molar-refractivity contribution in [2.45, 2.75) is 39.4 Å². The molecule has 1 N–H and O–H groups in total. The van der Waals surface area contributed by atoms with Crippen LogP contribution in [-0.2, 0) is 11.3 Å². The van der Waals surface area contributed by atoms with E-state index in [9.17, 15) is 4.79 Å². The summed E-state index contributed by atoms with van der Waals surface area (Å²) in [6, 6.07) is 5.52. The van der Waals surface area contributed by atoms with Gasteiger partial charge in [-0.25, -0.2) is 4.98 Å². The van der Waals surface area contributed by atoms with Crippen molar-refractivity contribution >= 4 is 28.8 Å². The summed E-state index contributed by atoms with van der Waals surface area (Å²) in [6.45, 7) is 5.43. The van der Waals surface area contributed by atoms with Gasteiger partial charge in [0.1, 0.15) is 22.2 Å². The van der Waals surface area contributed by atoms with Gasteiger partial charge >= 0.3 is 0 Å². The van der Waals surface area contributed by atoms with E-state index in [0.717, 1.165) is 41.5 Å². The van der Waals surface area contributed by atoms with Crippen molar-refractivity contribution < 1.29 is 14.3 Å². The largest absolute Gasteiger partial charge is 0.486 e. The molecule has 1 amide bonds. The van der Waals surface area contributed by atoms with Crippen LogP contribution < -0.4 is 10.1 Å². The maximum absolute atomic E-state index is 12.3. The number of hydrogen-bond acceptors (Lipinski definition) is 5. The molecule has 0 aliphatic carbocycles. The summed E-state index contributed by atoms with van der Waals surface area (Å²) in [6.07, 6.45) is 2.20. The predicted octanol–water partition coefficient (Wildman–Crippen LogP) is 3.90. The van der Waals surface area contributed by atoms with E-state index < -0.39 is 0 Å². The molecule has 1 aromatic heterocycles. The summed E-state index contributed by atoms with van der Waals surface area (Å²) in [5.41, 5.74) is 1.68. The average molecular weight is 381 g/mol. The second-order valence-corrected chi connectivity index (χ2v) is 7.56. The lowest BCUT2D eigenvalue weighted by molar-refractivity contribution is 0.0860. The van der Waals surface area contributed by atoms with Crippen molar-refractivity contribution in [2.24, 2.45) is 0 Å². The van der Waals surface area contributed by atoms with E-state index in [1.807, 2.05) is 32.0 Å². The molecule has 1 atom stereocenters. The van der Waals surface area contributed by atoms with Gasteiger partial charge in [-0.05, 0) is 50.5 Å². The Bertz CT molecular complexity index is 757. The fourth-order valence-corrected chi connectivity index (χ4v) is 3.68. The lowest BCUT2D eigenvalue weighted by atomic mass is 10.2. The molecular weight excluding hydrogens is 360 g/mol. The highest BCUT2D eigenvalue weighted by Gasteiger charge is 2.19. The first-order valence-electron chi connectivity index (χ1n) is 8.28. The van der Waals surface area contributed by atoms with E-state index in [4.69, 9.17) is 21.1 Å². The zero-order valence-corrected chi connectivity index (χ0v) is 15.9. The summed E-state index contributed by atoms with van der Waals surface area (Å²) in [5, 5.41) is 4.42. The number of hydrogen-bond donors (Lipinski definition) is 1. The number of aryl methyl sites for hydroxylation is 2. The van der Waals surface area contributed by atoms with Gasteiger partial charge in [0, 0.05) is 18.2 Å². The standard InChI is InChI=1S/C18H21ClN2O3S/c1-11-8-13(5-6-15(11)19)24-10-16-21-12(2)17(25-16)18(22)20-9-14-4-3-7-23-14/h5-6,8,14H,3-4,7,9-10H2,1-2H3,(H,20,22)/t14-/m1/s1. The predicted molar refractivity (Wildman–Crippen MR) is 98.7 cm³/mol. The number of carbonyl (C=O) groups is 1. The molecule has 1 aromatic carbocycles. The highest BCUT2D eigenvalue weighted by atomic mass is 35.5. The molecule has 5 nitrogen and oxygen atoms in total. The minimum absolute atomic E-state index is 0.0981. The Morgan fingerprint density at radius 3 is 3.04 bits per heavy atom. The number of ether oxygens (including phenoxy) is 2. The molecule has 25 heavy (non-hydrogen) atoms. The number of carbonyl (C=O) groups excluding carboxylic acids is 1. The van der Waals surface area contributed by atoms with Crippen molar-refractivity contribution in [1.29, 1.82) is 0 Å². The lowest BCUT2D eigenvalue weighted by Gasteiger charge is -2.09. The van der Waals surface area contributed by atoms with Crippen LogP contribution in [0.4, 0.5) is 0 Å². The summed E-state index contributed by atoms with van der Waals surface area (Å²) in [4.78, 5) is 17.4. The van der Waals surface area contributed by atoms with Gasteiger partial charge in [-0.3, -0.25) is 4.79 Å². The Labute approximate surface area is 156 Å². The van der Waals surface area contributed by atoms with Crippen molar-refractivity contribution in [2.75, 3.05) is 13.2 Å². The fourth-order valence-electron chi connectivity index (χ4n) is 2.67. The number of rotatable bonds is 6. The number of thiazole rings is 1. The SMILES string of the molecule is Cc1cc(OCc2nc(C)c(C(=O)NC[C@H]3CCCO3)s2)ccc1Cl. The van der Waals surface area contributed by atoms with Crippen LogP contribution in [0.15, 0.2) is 18.2 Å². The first-order chi connectivity index (χ1) is 12.0. The molecule has 1 aliphatic heterocycles. The van der Waals surface area contributed by atoms with E-state index in [-0.39, 0.29) is 12.0 Å². The van der Waals surface area contributed by atoms with Crippen LogP contribution in [0.5, 0.6) is 5.75 Å². The number of amides is 1. The molecule has 2 aromatic rings. The molecule has 0 bridgehead atoms. The van der Waals surface area contributed by atoms with Gasteiger partial charge in [0.2, 0.25) is 0 Å². The summed E-state index contributed by atoms with van der Waals surface area (Å²) in [5.74, 6) is 0.637. The molecule has 2 heterocycles. The summed E-state index contributed by atoms with van der Waals surface area (Å²) in [7, 11) is 0. The maximum Gasteiger partial charge on any atom is 0.263 e. The number of halogens is 1. The Hall–Kier alpha value is -1.63. The Balaban J connectivity index is 1.57. The molecule has 134 valence electrons. The smallest absolute Gasteiger partial charge is 0.263 e. The van der Waals surface area contributed by atoms with Gasteiger partial charge < -0.3 is 14.8 Å². The molecule has 1 aliphatic rings. The summed E-state index contributed by atoms with van der Waals surface area (Å²) >= 11 is 7.38. The Morgan fingerprint density at radius 2 is 2.32 bits per heavy atom. The fraction of sp³-hybridized carbons (Fsp3) is 0.444. The zero-order chi connectivity index (χ0) is 17.8. The summed E-state index contributed by atoms with van der Waals surface area (Å²) < 4.78 is 11.3. The maximum atomic E-state index is 12.3. The number of nitrogens with one attached hydrogen (secondary N) is 1. The van der Waals surface area contributed by atoms with Gasteiger partial charge in [-0.2, -0.15) is 0 Å². The van der Waals surface area contributed by atoms with Crippen molar-refractivity contribution in [3.63, 3.8) is 0 Å². The van der Waals surface area contributed by atoms with E-state index >= 15 is 0 Å². The molecule has 1 saturated heterocycles. The van der Waals surface area contributed by atoms with Crippen LogP contribution in [0, 0.1) is 13.8 Å². The van der Waals surface area contributed by atoms with Crippen LogP contribution in [0.25, 0.3) is 0 Å². The molecular formula is C18H21ClN2O3S. The van der Waals surface area contributed by atoms with E-state index in [1.54, 1.807) is 0 Å². The molecule has 3 rings (SSSR count). The van der Waals surface area contributed by atoms with Crippen LogP contribution in [-0.4, -0.2) is 30.1 Å². The third-order valence-corrected chi connectivity index (χ3v) is 5.61. The molecule has 0 spiro atoms. The van der Waals surface area contributed by atoms with Gasteiger partial charge in [0.05, 0.1) is 11.8 Å². The van der Waals surface area contributed by atoms with Crippen LogP contribution in [0.2, 0.25) is 5.02 Å². The lowest BCUT2D eigenvalue weighted by Crippen LogP contribution is -2.31. The minimum Gasteiger partial charge on any atom is -0.486 e. The number of aromatic nitrogens is 1. The third kappa shape index (κ3) is 4.71. The van der Waals surface area contributed by atoms with E-state index in [2.05, 4.69) is 10.3 Å². The topological polar surface area (TPSA) is 60.5 Å². The van der Waals surface area contributed by atoms with Crippen LogP contribution in [0.3, 0.4) is 0 Å². The average Bonchev–Trinajstić information content (AvgIpc) is 3.23. The molecule has 1 fully saturated rings. The molecule has 0 saturated carbocycles. The van der Waals surface area contributed by atoms with Gasteiger partial charge in [-0.15, -0.1) is 11.3 Å². The zero-order valence-electron chi connectivity index (χ0n) is 14.3. The van der Waals surface area contributed by atoms with E-state index in [1.165, 1.54) is 11.3 Å².